The third kappa shape index (κ3) is 6.25. The van der Waals surface area contributed by atoms with Gasteiger partial charge in [-0.05, 0) is 61.1 Å². The van der Waals surface area contributed by atoms with Crippen molar-refractivity contribution < 1.29 is 25.6 Å². The topological polar surface area (TPSA) is 63.2 Å². The van der Waals surface area contributed by atoms with Gasteiger partial charge in [0.15, 0.2) is 0 Å². The Bertz CT molecular complexity index is 1210. The lowest BCUT2D eigenvalue weighted by Gasteiger charge is -2.39. The molecule has 5 rings (SSSR count). The smallest absolute Gasteiger partial charge is 0.225 e. The lowest BCUT2D eigenvalue weighted by atomic mass is 9.88. The summed E-state index contributed by atoms with van der Waals surface area (Å²) in [5.74, 6) is -2.04. The molecular weight excluding hydrogens is 491 g/mol. The van der Waals surface area contributed by atoms with Crippen molar-refractivity contribution in [3.8, 4) is 0 Å². The van der Waals surface area contributed by atoms with Gasteiger partial charge in [0.05, 0.1) is 29.8 Å². The van der Waals surface area contributed by atoms with Gasteiger partial charge in [0.2, 0.25) is 5.91 Å². The van der Waals surface area contributed by atoms with Gasteiger partial charge in [-0.15, -0.1) is 0 Å². The van der Waals surface area contributed by atoms with Gasteiger partial charge in [0.25, 0.3) is 0 Å². The maximum absolute atomic E-state index is 14.9. The second kappa shape index (κ2) is 11.7. The van der Waals surface area contributed by atoms with E-state index in [9.17, 15) is 18.0 Å². The van der Waals surface area contributed by atoms with E-state index in [2.05, 4.69) is 15.6 Å². The zero-order chi connectivity index (χ0) is 26.5. The van der Waals surface area contributed by atoms with E-state index in [1.165, 1.54) is 43.3 Å². The molecule has 1 aromatic heterocycles. The fourth-order valence-corrected chi connectivity index (χ4v) is 5.71. The molecule has 1 amide bonds. The molecule has 38 heavy (non-hydrogen) atoms. The van der Waals surface area contributed by atoms with Crippen LogP contribution in [0, 0.1) is 17.5 Å². The molecule has 0 bridgehead atoms. The Morgan fingerprint density at radius 3 is 2.29 bits per heavy atom. The SMILES string of the molecule is O=C(CC(c1ccc(F)cc1)c1ccc(F)cc1)Nc1cncc(F)c1CC[C@@H]1CNCC2(CCCC2)O1.[HH].[HH]. The number of ether oxygens (including phenoxy) is 1. The summed E-state index contributed by atoms with van der Waals surface area (Å²) in [6, 6.07) is 11.8. The zero-order valence-electron chi connectivity index (χ0n) is 21.2. The van der Waals surface area contributed by atoms with E-state index in [-0.39, 0.29) is 38.5 Å². The average molecular weight is 528 g/mol. The van der Waals surface area contributed by atoms with E-state index in [4.69, 9.17) is 4.74 Å². The highest BCUT2D eigenvalue weighted by atomic mass is 19.1. The van der Waals surface area contributed by atoms with Crippen LogP contribution in [0.4, 0.5) is 18.9 Å². The van der Waals surface area contributed by atoms with Gasteiger partial charge < -0.3 is 15.4 Å². The normalized spacial score (nSPS) is 18.7. The van der Waals surface area contributed by atoms with Crippen LogP contribution < -0.4 is 10.6 Å². The van der Waals surface area contributed by atoms with E-state index in [1.54, 1.807) is 24.3 Å². The second-order valence-corrected chi connectivity index (χ2v) is 10.4. The minimum Gasteiger partial charge on any atom is -0.369 e. The molecule has 8 heteroatoms. The Balaban J connectivity index is 0.00000220. The number of morpholine rings is 1. The predicted molar refractivity (Wildman–Crippen MR) is 144 cm³/mol. The summed E-state index contributed by atoms with van der Waals surface area (Å²) in [5.41, 5.74) is 2.04. The van der Waals surface area contributed by atoms with Crippen molar-refractivity contribution in [1.82, 2.24) is 10.3 Å². The zero-order valence-corrected chi connectivity index (χ0v) is 21.2. The van der Waals surface area contributed by atoms with Crippen LogP contribution in [0.15, 0.2) is 60.9 Å². The summed E-state index contributed by atoms with van der Waals surface area (Å²) in [6.07, 6.45) is 8.03. The number of rotatable bonds is 8. The highest BCUT2D eigenvalue weighted by molar-refractivity contribution is 5.92. The number of nitrogens with zero attached hydrogens (tertiary/aromatic N) is 1. The number of hydrogen-bond acceptors (Lipinski definition) is 4. The highest BCUT2D eigenvalue weighted by Gasteiger charge is 2.39. The highest BCUT2D eigenvalue weighted by Crippen LogP contribution is 2.36. The summed E-state index contributed by atoms with van der Waals surface area (Å²) >= 11 is 0. The van der Waals surface area contributed by atoms with Crippen molar-refractivity contribution in [2.24, 2.45) is 0 Å². The molecule has 1 aliphatic heterocycles. The minimum atomic E-state index is -0.476. The van der Waals surface area contributed by atoms with E-state index in [1.807, 2.05) is 0 Å². The first-order valence-electron chi connectivity index (χ1n) is 13.2. The van der Waals surface area contributed by atoms with Gasteiger partial charge in [0, 0.05) is 33.8 Å². The lowest BCUT2D eigenvalue weighted by molar-refractivity contribution is -0.116. The largest absolute Gasteiger partial charge is 0.369 e. The molecule has 2 N–H and O–H groups in total. The summed E-state index contributed by atoms with van der Waals surface area (Å²) in [7, 11) is 0. The number of anilines is 1. The monoisotopic (exact) mass is 527 g/mol. The standard InChI is InChI=1S/C30H32F3N3O2.2H2/c31-22-7-3-20(4-8-22)26(21-5-9-23(32)10-6-21)15-29(37)36-28-18-34-17-27(33)25(28)12-11-24-16-35-19-30(38-24)13-1-2-14-30;;/h3-10,17-18,24,26,35H,1-2,11-16,19H2,(H,36,37);2*1H/t24-;;/m1../s1. The van der Waals surface area contributed by atoms with Crippen LogP contribution in [0.3, 0.4) is 0 Å². The first-order chi connectivity index (χ1) is 18.4. The molecule has 1 atom stereocenters. The fourth-order valence-electron chi connectivity index (χ4n) is 5.71. The van der Waals surface area contributed by atoms with Gasteiger partial charge in [-0.25, -0.2) is 13.2 Å². The lowest BCUT2D eigenvalue weighted by Crippen LogP contribution is -2.52. The van der Waals surface area contributed by atoms with Crippen molar-refractivity contribution in [3.63, 3.8) is 0 Å². The Kier molecular flexibility index (Phi) is 8.09. The van der Waals surface area contributed by atoms with Gasteiger partial charge in [-0.3, -0.25) is 9.78 Å². The Morgan fingerprint density at radius 2 is 1.66 bits per heavy atom. The van der Waals surface area contributed by atoms with Crippen molar-refractivity contribution in [2.75, 3.05) is 18.4 Å². The van der Waals surface area contributed by atoms with E-state index < -0.39 is 11.7 Å². The van der Waals surface area contributed by atoms with Crippen molar-refractivity contribution in [1.29, 1.82) is 0 Å². The molecule has 2 heterocycles. The molecule has 1 saturated carbocycles. The third-order valence-corrected chi connectivity index (χ3v) is 7.68. The number of carbonyl (C=O) groups excluding carboxylic acids is 1. The summed E-state index contributed by atoms with van der Waals surface area (Å²) in [4.78, 5) is 17.1. The van der Waals surface area contributed by atoms with Crippen LogP contribution in [0.25, 0.3) is 0 Å². The predicted octanol–water partition coefficient (Wildman–Crippen LogP) is 6.39. The molecule has 2 fully saturated rings. The molecule has 0 unspecified atom stereocenters. The molecule has 3 aromatic rings. The third-order valence-electron chi connectivity index (χ3n) is 7.68. The van der Waals surface area contributed by atoms with Crippen molar-refractivity contribution >= 4 is 11.6 Å². The number of halogens is 3. The van der Waals surface area contributed by atoms with Gasteiger partial charge >= 0.3 is 0 Å². The average Bonchev–Trinajstić information content (AvgIpc) is 3.35. The van der Waals surface area contributed by atoms with E-state index in [0.29, 0.717) is 41.8 Å². The quantitative estimate of drug-likeness (QED) is 0.357. The van der Waals surface area contributed by atoms with Crippen LogP contribution in [0.1, 0.15) is 64.0 Å². The second-order valence-electron chi connectivity index (χ2n) is 10.4. The van der Waals surface area contributed by atoms with Crippen molar-refractivity contribution in [3.05, 3.63) is 95.1 Å². The number of amides is 1. The van der Waals surface area contributed by atoms with Crippen molar-refractivity contribution in [2.45, 2.75) is 62.6 Å². The molecular formula is C30H36F3N3O2. The van der Waals surface area contributed by atoms with Gasteiger partial charge in [-0.1, -0.05) is 37.1 Å². The molecule has 204 valence electrons. The van der Waals surface area contributed by atoms with Crippen LogP contribution in [-0.4, -0.2) is 35.7 Å². The molecule has 1 spiro atoms. The summed E-state index contributed by atoms with van der Waals surface area (Å²) < 4.78 is 48.4. The summed E-state index contributed by atoms with van der Waals surface area (Å²) in [6.45, 7) is 1.57. The molecule has 1 saturated heterocycles. The number of hydrogen-bond donors (Lipinski definition) is 2. The van der Waals surface area contributed by atoms with E-state index in [0.717, 1.165) is 25.6 Å². The number of aromatic nitrogens is 1. The Labute approximate surface area is 223 Å². The first-order valence-corrected chi connectivity index (χ1v) is 13.2. The number of pyridine rings is 1. The Hall–Kier alpha value is -3.23. The van der Waals surface area contributed by atoms with Crippen LogP contribution in [0.2, 0.25) is 0 Å². The number of benzene rings is 2. The summed E-state index contributed by atoms with van der Waals surface area (Å²) in [5, 5.41) is 6.31. The molecule has 2 aromatic carbocycles. The fraction of sp³-hybridized carbons (Fsp3) is 0.400. The first kappa shape index (κ1) is 26.4. The number of carbonyl (C=O) groups is 1. The maximum Gasteiger partial charge on any atom is 0.225 e. The number of nitrogens with one attached hydrogen (secondary N) is 2. The van der Waals surface area contributed by atoms with Crippen LogP contribution in [0.5, 0.6) is 0 Å². The van der Waals surface area contributed by atoms with Gasteiger partial charge in [-0.2, -0.15) is 0 Å². The molecule has 5 nitrogen and oxygen atoms in total. The van der Waals surface area contributed by atoms with Crippen LogP contribution >= 0.6 is 0 Å². The van der Waals surface area contributed by atoms with E-state index >= 15 is 0 Å². The van der Waals surface area contributed by atoms with Crippen LogP contribution in [-0.2, 0) is 16.0 Å². The molecule has 0 radical (unpaired) electrons. The maximum atomic E-state index is 14.9. The Morgan fingerprint density at radius 1 is 1.03 bits per heavy atom. The molecule has 1 aliphatic carbocycles. The van der Waals surface area contributed by atoms with Gasteiger partial charge in [0.1, 0.15) is 17.5 Å². The minimum absolute atomic E-state index is 0. The molecule has 2 aliphatic rings.